The van der Waals surface area contributed by atoms with E-state index in [-0.39, 0.29) is 5.54 Å². The largest absolute Gasteiger partial charge is 0.375 e. The van der Waals surface area contributed by atoms with Crippen molar-refractivity contribution in [3.05, 3.63) is 17.0 Å². The fourth-order valence-corrected chi connectivity index (χ4v) is 1.76. The number of anilines is 1. The molecule has 0 aliphatic carbocycles. The fraction of sp³-hybridized carbons (Fsp3) is 0.600. The number of aryl methyl sites for hydroxylation is 1. The Morgan fingerprint density at radius 1 is 1.46 bits per heavy atom. The third-order valence-electron chi connectivity index (χ3n) is 2.23. The van der Waals surface area contributed by atoms with Gasteiger partial charge in [0.15, 0.2) is 0 Å². The summed E-state index contributed by atoms with van der Waals surface area (Å²) in [6.45, 7) is 7.45. The Labute approximate surface area is 84.4 Å². The summed E-state index contributed by atoms with van der Waals surface area (Å²) in [5, 5.41) is 10.1. The molecule has 0 saturated heterocycles. The van der Waals surface area contributed by atoms with Gasteiger partial charge >= 0.3 is 0 Å². The first-order chi connectivity index (χ1) is 6.05. The standard InChI is InChI=1S/C10H18N2S/c1-8-5-6-13-9(8)12-7-10(2,3)11-4/h5-6,11-12H,7H2,1-4H3. The highest BCUT2D eigenvalue weighted by Crippen LogP contribution is 2.22. The van der Waals surface area contributed by atoms with E-state index in [0.717, 1.165) is 6.54 Å². The first-order valence-corrected chi connectivity index (χ1v) is 5.40. The zero-order chi connectivity index (χ0) is 9.90. The Morgan fingerprint density at radius 3 is 2.62 bits per heavy atom. The van der Waals surface area contributed by atoms with Crippen molar-refractivity contribution in [1.29, 1.82) is 0 Å². The molecule has 0 unspecified atom stereocenters. The number of hydrogen-bond donors (Lipinski definition) is 2. The van der Waals surface area contributed by atoms with E-state index in [1.165, 1.54) is 10.6 Å². The second-order valence-corrected chi connectivity index (χ2v) is 4.84. The van der Waals surface area contributed by atoms with E-state index in [4.69, 9.17) is 0 Å². The van der Waals surface area contributed by atoms with E-state index in [2.05, 4.69) is 42.9 Å². The van der Waals surface area contributed by atoms with Crippen LogP contribution in [-0.4, -0.2) is 19.1 Å². The van der Waals surface area contributed by atoms with Gasteiger partial charge < -0.3 is 10.6 Å². The van der Waals surface area contributed by atoms with Crippen LogP contribution in [0, 0.1) is 6.92 Å². The highest BCUT2D eigenvalue weighted by Gasteiger charge is 2.14. The normalized spacial score (nSPS) is 11.7. The first-order valence-electron chi connectivity index (χ1n) is 4.52. The van der Waals surface area contributed by atoms with Crippen LogP contribution in [0.25, 0.3) is 0 Å². The summed E-state index contributed by atoms with van der Waals surface area (Å²) in [6.07, 6.45) is 0. The molecule has 2 nitrogen and oxygen atoms in total. The van der Waals surface area contributed by atoms with Crippen LogP contribution in [0.1, 0.15) is 19.4 Å². The summed E-state index contributed by atoms with van der Waals surface area (Å²) < 4.78 is 0. The number of hydrogen-bond acceptors (Lipinski definition) is 3. The van der Waals surface area contributed by atoms with Gasteiger partial charge in [-0.1, -0.05) is 0 Å². The summed E-state index contributed by atoms with van der Waals surface area (Å²) >= 11 is 1.76. The maximum atomic E-state index is 3.44. The Morgan fingerprint density at radius 2 is 2.15 bits per heavy atom. The molecule has 3 heteroatoms. The Kier molecular flexibility index (Phi) is 3.33. The molecule has 13 heavy (non-hydrogen) atoms. The van der Waals surface area contributed by atoms with E-state index in [1.54, 1.807) is 11.3 Å². The second-order valence-electron chi connectivity index (χ2n) is 3.92. The molecule has 1 rings (SSSR count). The van der Waals surface area contributed by atoms with Crippen LogP contribution in [-0.2, 0) is 0 Å². The van der Waals surface area contributed by atoms with E-state index in [9.17, 15) is 0 Å². The van der Waals surface area contributed by atoms with Gasteiger partial charge in [-0.05, 0) is 44.8 Å². The van der Waals surface area contributed by atoms with Gasteiger partial charge in [0.05, 0.1) is 5.00 Å². The third kappa shape index (κ3) is 3.01. The minimum absolute atomic E-state index is 0.149. The molecule has 0 saturated carbocycles. The highest BCUT2D eigenvalue weighted by molar-refractivity contribution is 7.14. The number of rotatable bonds is 4. The third-order valence-corrected chi connectivity index (χ3v) is 3.20. The van der Waals surface area contributed by atoms with Crippen molar-refractivity contribution in [2.24, 2.45) is 0 Å². The van der Waals surface area contributed by atoms with Crippen LogP contribution in [0.15, 0.2) is 11.4 Å². The molecule has 1 aromatic heterocycles. The molecule has 0 fully saturated rings. The van der Waals surface area contributed by atoms with E-state index in [0.29, 0.717) is 0 Å². The van der Waals surface area contributed by atoms with Crippen molar-refractivity contribution in [2.75, 3.05) is 18.9 Å². The summed E-state index contributed by atoms with van der Waals surface area (Å²) in [5.74, 6) is 0. The molecule has 1 heterocycles. The van der Waals surface area contributed by atoms with Crippen LogP contribution in [0.3, 0.4) is 0 Å². The van der Waals surface area contributed by atoms with Gasteiger partial charge in [0.2, 0.25) is 0 Å². The number of nitrogens with one attached hydrogen (secondary N) is 2. The summed E-state index contributed by atoms with van der Waals surface area (Å²) in [4.78, 5) is 0. The van der Waals surface area contributed by atoms with Crippen LogP contribution in [0.5, 0.6) is 0 Å². The first kappa shape index (κ1) is 10.5. The molecule has 1 aromatic rings. The van der Waals surface area contributed by atoms with Crippen molar-refractivity contribution in [2.45, 2.75) is 26.3 Å². The quantitative estimate of drug-likeness (QED) is 0.776. The molecule has 2 N–H and O–H groups in total. The minimum Gasteiger partial charge on any atom is -0.375 e. The van der Waals surface area contributed by atoms with Gasteiger partial charge in [0, 0.05) is 12.1 Å². The molecule has 0 bridgehead atoms. The molecule has 74 valence electrons. The lowest BCUT2D eigenvalue weighted by Gasteiger charge is -2.24. The Balaban J connectivity index is 2.48. The van der Waals surface area contributed by atoms with Gasteiger partial charge in [-0.25, -0.2) is 0 Å². The van der Waals surface area contributed by atoms with Gasteiger partial charge in [-0.2, -0.15) is 0 Å². The van der Waals surface area contributed by atoms with Crippen LogP contribution < -0.4 is 10.6 Å². The monoisotopic (exact) mass is 198 g/mol. The average molecular weight is 198 g/mol. The van der Waals surface area contributed by atoms with E-state index >= 15 is 0 Å². The van der Waals surface area contributed by atoms with Gasteiger partial charge in [-0.3, -0.25) is 0 Å². The lowest BCUT2D eigenvalue weighted by Crippen LogP contribution is -2.42. The molecule has 0 amide bonds. The van der Waals surface area contributed by atoms with E-state index < -0.39 is 0 Å². The van der Waals surface area contributed by atoms with Crippen molar-refractivity contribution in [3.8, 4) is 0 Å². The maximum Gasteiger partial charge on any atom is 0.0912 e. The SMILES string of the molecule is CNC(C)(C)CNc1sccc1C. The van der Waals surface area contributed by atoms with Gasteiger partial charge in [0.1, 0.15) is 0 Å². The lowest BCUT2D eigenvalue weighted by molar-refractivity contribution is 0.448. The van der Waals surface area contributed by atoms with Crippen LogP contribution in [0.4, 0.5) is 5.00 Å². The predicted molar refractivity (Wildman–Crippen MR) is 60.7 cm³/mol. The Bertz CT molecular complexity index is 266. The number of thiophene rings is 1. The number of likely N-dealkylation sites (N-methyl/N-ethyl adjacent to an activating group) is 1. The molecule has 0 radical (unpaired) electrons. The molecular formula is C10H18N2S. The summed E-state index contributed by atoms with van der Waals surface area (Å²) in [7, 11) is 1.99. The molecule has 0 atom stereocenters. The average Bonchev–Trinajstić information content (AvgIpc) is 2.48. The molecule has 0 aromatic carbocycles. The topological polar surface area (TPSA) is 24.1 Å². The summed E-state index contributed by atoms with van der Waals surface area (Å²) in [6, 6.07) is 2.14. The summed E-state index contributed by atoms with van der Waals surface area (Å²) in [5.41, 5.74) is 1.48. The van der Waals surface area contributed by atoms with Gasteiger partial charge in [0.25, 0.3) is 0 Å². The smallest absolute Gasteiger partial charge is 0.0912 e. The molecule has 0 spiro atoms. The van der Waals surface area contributed by atoms with Crippen molar-refractivity contribution in [1.82, 2.24) is 5.32 Å². The van der Waals surface area contributed by atoms with Crippen molar-refractivity contribution >= 4 is 16.3 Å². The predicted octanol–water partition coefficient (Wildman–Crippen LogP) is 2.47. The fourth-order valence-electron chi connectivity index (χ4n) is 0.943. The van der Waals surface area contributed by atoms with Crippen molar-refractivity contribution < 1.29 is 0 Å². The van der Waals surface area contributed by atoms with Gasteiger partial charge in [-0.15, -0.1) is 11.3 Å². The second kappa shape index (κ2) is 4.11. The van der Waals surface area contributed by atoms with E-state index in [1.807, 2.05) is 7.05 Å². The maximum absolute atomic E-state index is 3.44. The zero-order valence-electron chi connectivity index (χ0n) is 8.77. The molecular weight excluding hydrogens is 180 g/mol. The molecule has 0 aliphatic heterocycles. The van der Waals surface area contributed by atoms with Crippen LogP contribution in [0.2, 0.25) is 0 Å². The molecule has 0 aliphatic rings. The zero-order valence-corrected chi connectivity index (χ0v) is 9.59. The minimum atomic E-state index is 0.149. The lowest BCUT2D eigenvalue weighted by atomic mass is 10.1. The van der Waals surface area contributed by atoms with Crippen molar-refractivity contribution in [3.63, 3.8) is 0 Å². The Hall–Kier alpha value is -0.540. The van der Waals surface area contributed by atoms with Crippen LogP contribution >= 0.6 is 11.3 Å². The highest BCUT2D eigenvalue weighted by atomic mass is 32.1.